The fraction of sp³-hybridized carbons (Fsp3) is 0.667. The first-order chi connectivity index (χ1) is 14.6. The molecule has 3 atom stereocenters. The summed E-state index contributed by atoms with van der Waals surface area (Å²) in [6, 6.07) is 4.84. The zero-order valence-corrected chi connectivity index (χ0v) is 22.0. The summed E-state index contributed by atoms with van der Waals surface area (Å²) in [6.07, 6.45) is 2.25. The molecule has 174 valence electrons. The van der Waals surface area contributed by atoms with Gasteiger partial charge < -0.3 is 19.9 Å². The highest BCUT2D eigenvalue weighted by molar-refractivity contribution is 14.0. The highest BCUT2D eigenvalue weighted by Gasteiger charge is 2.31. The molecule has 2 aromatic heterocycles. The SMILES string of the molecule is CCNC(=NCc1nc(C(C)OCC)no1)NCC1CCCN(C)C1c1cccs1.I. The first-order valence-corrected chi connectivity index (χ1v) is 11.7. The Morgan fingerprint density at radius 2 is 2.26 bits per heavy atom. The zero-order valence-electron chi connectivity index (χ0n) is 18.8. The standard InChI is InChI=1S/C21H34N6O2S.HI/c1-5-22-21(24-14-18-25-20(26-29-18)15(3)28-6-2)23-13-16-9-7-11-27(4)19(16)17-10-8-12-30-17;/h8,10,12,15-16,19H,5-7,9,11,13-14H2,1-4H3,(H2,22,23,24);1H. The lowest BCUT2D eigenvalue weighted by atomic mass is 9.88. The van der Waals surface area contributed by atoms with E-state index in [-0.39, 0.29) is 30.1 Å². The molecule has 0 aromatic carbocycles. The highest BCUT2D eigenvalue weighted by atomic mass is 127. The molecule has 0 saturated carbocycles. The largest absolute Gasteiger partial charge is 0.371 e. The summed E-state index contributed by atoms with van der Waals surface area (Å²) in [5, 5.41) is 13.0. The first-order valence-electron chi connectivity index (χ1n) is 10.8. The average molecular weight is 563 g/mol. The molecule has 0 bridgehead atoms. The van der Waals surface area contributed by atoms with Crippen molar-refractivity contribution in [2.75, 3.05) is 33.3 Å². The Labute approximate surface area is 206 Å². The Morgan fingerprint density at radius 1 is 1.42 bits per heavy atom. The molecule has 3 unspecified atom stereocenters. The van der Waals surface area contributed by atoms with E-state index < -0.39 is 0 Å². The Hall–Kier alpha value is -1.24. The molecule has 1 aliphatic heterocycles. The van der Waals surface area contributed by atoms with Crippen molar-refractivity contribution < 1.29 is 9.26 Å². The highest BCUT2D eigenvalue weighted by Crippen LogP contribution is 2.36. The summed E-state index contributed by atoms with van der Waals surface area (Å²) in [4.78, 5) is 13.0. The summed E-state index contributed by atoms with van der Waals surface area (Å²) < 4.78 is 10.8. The smallest absolute Gasteiger partial charge is 0.248 e. The minimum absolute atomic E-state index is 0. The first kappa shape index (κ1) is 26.0. The van der Waals surface area contributed by atoms with E-state index in [2.05, 4.69) is 62.2 Å². The van der Waals surface area contributed by atoms with E-state index in [1.807, 2.05) is 25.2 Å². The van der Waals surface area contributed by atoms with Crippen molar-refractivity contribution >= 4 is 41.3 Å². The molecule has 0 amide bonds. The van der Waals surface area contributed by atoms with Crippen LogP contribution in [-0.2, 0) is 11.3 Å². The van der Waals surface area contributed by atoms with Gasteiger partial charge in [-0.05, 0) is 64.6 Å². The van der Waals surface area contributed by atoms with Gasteiger partial charge in [-0.25, -0.2) is 4.99 Å². The lowest BCUT2D eigenvalue weighted by Gasteiger charge is -2.39. The molecule has 31 heavy (non-hydrogen) atoms. The van der Waals surface area contributed by atoms with Crippen molar-refractivity contribution in [2.45, 2.75) is 52.3 Å². The molecule has 0 radical (unpaired) electrons. The van der Waals surface area contributed by atoms with Crippen LogP contribution in [0.3, 0.4) is 0 Å². The molecule has 0 aliphatic carbocycles. The molecule has 2 N–H and O–H groups in total. The van der Waals surface area contributed by atoms with Crippen LogP contribution < -0.4 is 10.6 Å². The number of aromatic nitrogens is 2. The average Bonchev–Trinajstić information content (AvgIpc) is 3.42. The van der Waals surface area contributed by atoms with E-state index >= 15 is 0 Å². The van der Waals surface area contributed by atoms with Crippen LogP contribution in [-0.4, -0.2) is 54.3 Å². The summed E-state index contributed by atoms with van der Waals surface area (Å²) in [5.41, 5.74) is 0. The molecule has 10 heteroatoms. The van der Waals surface area contributed by atoms with Crippen LogP contribution in [0.15, 0.2) is 27.0 Å². The van der Waals surface area contributed by atoms with E-state index in [9.17, 15) is 0 Å². The van der Waals surface area contributed by atoms with Crippen LogP contribution in [0.1, 0.15) is 62.4 Å². The van der Waals surface area contributed by atoms with Gasteiger partial charge in [0.15, 0.2) is 11.8 Å². The van der Waals surface area contributed by atoms with E-state index in [0.717, 1.165) is 25.6 Å². The van der Waals surface area contributed by atoms with Crippen molar-refractivity contribution in [3.63, 3.8) is 0 Å². The lowest BCUT2D eigenvalue weighted by molar-refractivity contribution is 0.0683. The maximum absolute atomic E-state index is 5.51. The normalized spacial score (nSPS) is 20.8. The fourth-order valence-electron chi connectivity index (χ4n) is 3.92. The molecule has 1 fully saturated rings. The molecule has 8 nitrogen and oxygen atoms in total. The predicted molar refractivity (Wildman–Crippen MR) is 135 cm³/mol. The number of guanidine groups is 1. The van der Waals surface area contributed by atoms with Crippen molar-refractivity contribution in [1.82, 2.24) is 25.7 Å². The van der Waals surface area contributed by atoms with Crippen LogP contribution in [0.25, 0.3) is 0 Å². The Morgan fingerprint density at radius 3 is 2.97 bits per heavy atom. The number of aliphatic imine (C=N–C) groups is 1. The van der Waals surface area contributed by atoms with Crippen LogP contribution in [0.2, 0.25) is 0 Å². The third kappa shape index (κ3) is 7.40. The van der Waals surface area contributed by atoms with E-state index in [1.165, 1.54) is 17.7 Å². The van der Waals surface area contributed by atoms with Crippen molar-refractivity contribution in [3.05, 3.63) is 34.1 Å². The van der Waals surface area contributed by atoms with Gasteiger partial charge in [-0.2, -0.15) is 4.98 Å². The number of thiophene rings is 1. The topological polar surface area (TPSA) is 87.8 Å². The van der Waals surface area contributed by atoms with E-state index in [1.54, 1.807) is 0 Å². The second-order valence-electron chi connectivity index (χ2n) is 7.56. The molecule has 3 heterocycles. The number of hydrogen-bond donors (Lipinski definition) is 2. The van der Waals surface area contributed by atoms with Gasteiger partial charge in [0.25, 0.3) is 0 Å². The summed E-state index contributed by atoms with van der Waals surface area (Å²) in [5.74, 6) is 2.35. The Bertz CT molecular complexity index is 785. The second kappa shape index (κ2) is 13.3. The van der Waals surface area contributed by atoms with Crippen LogP contribution in [0.5, 0.6) is 0 Å². The number of ether oxygens (including phenoxy) is 1. The van der Waals surface area contributed by atoms with E-state index in [0.29, 0.717) is 36.8 Å². The molecular formula is C21H35IN6O2S. The van der Waals surface area contributed by atoms with Crippen molar-refractivity contribution in [1.29, 1.82) is 0 Å². The van der Waals surface area contributed by atoms with Gasteiger partial charge in [0.2, 0.25) is 5.89 Å². The van der Waals surface area contributed by atoms with Crippen LogP contribution >= 0.6 is 35.3 Å². The molecule has 3 rings (SSSR count). The minimum atomic E-state index is -0.180. The Balaban J connectivity index is 0.00000341. The predicted octanol–water partition coefficient (Wildman–Crippen LogP) is 3.98. The van der Waals surface area contributed by atoms with Gasteiger partial charge in [0, 0.05) is 30.6 Å². The zero-order chi connectivity index (χ0) is 21.3. The number of nitrogens with one attached hydrogen (secondary N) is 2. The summed E-state index contributed by atoms with van der Waals surface area (Å²) in [7, 11) is 2.23. The number of halogens is 1. The number of piperidine rings is 1. The third-order valence-electron chi connectivity index (χ3n) is 5.35. The molecule has 1 saturated heterocycles. The van der Waals surface area contributed by atoms with Gasteiger partial charge in [-0.1, -0.05) is 11.2 Å². The summed E-state index contributed by atoms with van der Waals surface area (Å²) in [6.45, 7) is 9.68. The van der Waals surface area contributed by atoms with Gasteiger partial charge in [0.05, 0.1) is 0 Å². The lowest BCUT2D eigenvalue weighted by Crippen LogP contribution is -2.44. The van der Waals surface area contributed by atoms with Crippen LogP contribution in [0, 0.1) is 5.92 Å². The van der Waals surface area contributed by atoms with E-state index in [4.69, 9.17) is 9.26 Å². The molecule has 1 aliphatic rings. The van der Waals surface area contributed by atoms with Crippen LogP contribution in [0.4, 0.5) is 0 Å². The monoisotopic (exact) mass is 562 g/mol. The van der Waals surface area contributed by atoms with Gasteiger partial charge in [-0.3, -0.25) is 4.90 Å². The summed E-state index contributed by atoms with van der Waals surface area (Å²) >= 11 is 1.84. The fourth-order valence-corrected chi connectivity index (χ4v) is 4.90. The maximum Gasteiger partial charge on any atom is 0.248 e. The second-order valence-corrected chi connectivity index (χ2v) is 8.54. The number of nitrogens with zero attached hydrogens (tertiary/aromatic N) is 4. The van der Waals surface area contributed by atoms with Gasteiger partial charge >= 0.3 is 0 Å². The molecular weight excluding hydrogens is 527 g/mol. The quantitative estimate of drug-likeness (QED) is 0.272. The number of hydrogen-bond acceptors (Lipinski definition) is 7. The maximum atomic E-state index is 5.51. The molecule has 0 spiro atoms. The van der Waals surface area contributed by atoms with Crippen molar-refractivity contribution in [2.24, 2.45) is 10.9 Å². The Kier molecular flexibility index (Phi) is 11.2. The van der Waals surface area contributed by atoms with Crippen molar-refractivity contribution in [3.8, 4) is 0 Å². The number of rotatable bonds is 9. The van der Waals surface area contributed by atoms with Gasteiger partial charge in [0.1, 0.15) is 12.6 Å². The third-order valence-corrected chi connectivity index (χ3v) is 6.30. The number of likely N-dealkylation sites (tertiary alicyclic amines) is 1. The van der Waals surface area contributed by atoms with Gasteiger partial charge in [-0.15, -0.1) is 35.3 Å². The molecule has 2 aromatic rings. The minimum Gasteiger partial charge on any atom is -0.371 e.